The SMILES string of the molecule is COc1ccc2c(c1)c(C(=O)c1ccon1)cn2Cc1ccc(Cl)cc1. The van der Waals surface area contributed by atoms with Crippen molar-refractivity contribution in [1.29, 1.82) is 0 Å². The number of methoxy groups -OCH3 is 1. The van der Waals surface area contributed by atoms with Crippen LogP contribution in [-0.4, -0.2) is 22.6 Å². The van der Waals surface area contributed by atoms with E-state index in [1.807, 2.05) is 53.2 Å². The van der Waals surface area contributed by atoms with Crippen LogP contribution in [0.25, 0.3) is 10.9 Å². The standard InChI is InChI=1S/C20H15ClN2O3/c1-25-15-6-7-19-16(10-15)17(20(24)18-8-9-26-22-18)12-23(19)11-13-2-4-14(21)5-3-13/h2-10,12H,11H2,1H3. The third-order valence-electron chi connectivity index (χ3n) is 4.27. The predicted octanol–water partition coefficient (Wildman–Crippen LogP) is 4.57. The molecule has 0 saturated carbocycles. The highest BCUT2D eigenvalue weighted by Crippen LogP contribution is 2.28. The largest absolute Gasteiger partial charge is 0.497 e. The lowest BCUT2D eigenvalue weighted by atomic mass is 10.1. The van der Waals surface area contributed by atoms with Crippen LogP contribution < -0.4 is 4.74 Å². The Labute approximate surface area is 154 Å². The Hall–Kier alpha value is -3.05. The van der Waals surface area contributed by atoms with Gasteiger partial charge in [-0.05, 0) is 35.9 Å². The number of ketones is 1. The molecule has 2 aromatic heterocycles. The third kappa shape index (κ3) is 2.97. The third-order valence-corrected chi connectivity index (χ3v) is 4.52. The van der Waals surface area contributed by atoms with Gasteiger partial charge in [-0.15, -0.1) is 0 Å². The molecule has 0 aliphatic rings. The van der Waals surface area contributed by atoms with Crippen LogP contribution in [0.1, 0.15) is 21.6 Å². The van der Waals surface area contributed by atoms with Crippen molar-refractivity contribution in [1.82, 2.24) is 9.72 Å². The maximum Gasteiger partial charge on any atom is 0.217 e. The lowest BCUT2D eigenvalue weighted by molar-refractivity contribution is 0.103. The molecule has 0 bridgehead atoms. The Bertz CT molecular complexity index is 1070. The number of halogens is 1. The summed E-state index contributed by atoms with van der Waals surface area (Å²) in [7, 11) is 1.60. The Balaban J connectivity index is 1.83. The summed E-state index contributed by atoms with van der Waals surface area (Å²) >= 11 is 5.96. The van der Waals surface area contributed by atoms with Crippen molar-refractivity contribution in [2.75, 3.05) is 7.11 Å². The molecule has 0 saturated heterocycles. The Morgan fingerprint density at radius 3 is 2.69 bits per heavy atom. The molecular formula is C20H15ClN2O3. The van der Waals surface area contributed by atoms with Gasteiger partial charge in [0.05, 0.1) is 7.11 Å². The molecule has 0 fully saturated rings. The maximum atomic E-state index is 12.8. The molecule has 26 heavy (non-hydrogen) atoms. The zero-order valence-corrected chi connectivity index (χ0v) is 14.7. The summed E-state index contributed by atoms with van der Waals surface area (Å²) in [5.74, 6) is 0.503. The van der Waals surface area contributed by atoms with E-state index in [-0.39, 0.29) is 11.5 Å². The number of hydrogen-bond donors (Lipinski definition) is 0. The molecule has 2 heterocycles. The number of nitrogens with zero attached hydrogens (tertiary/aromatic N) is 2. The fourth-order valence-corrected chi connectivity index (χ4v) is 3.10. The summed E-state index contributed by atoms with van der Waals surface area (Å²) in [5.41, 5.74) is 2.86. The van der Waals surface area contributed by atoms with Crippen LogP contribution in [0.2, 0.25) is 5.02 Å². The van der Waals surface area contributed by atoms with E-state index in [0.717, 1.165) is 16.5 Å². The van der Waals surface area contributed by atoms with E-state index in [4.69, 9.17) is 20.9 Å². The first-order valence-corrected chi connectivity index (χ1v) is 8.40. The van der Waals surface area contributed by atoms with E-state index in [0.29, 0.717) is 22.9 Å². The molecular weight excluding hydrogens is 352 g/mol. The van der Waals surface area contributed by atoms with Crippen LogP contribution in [0.5, 0.6) is 5.75 Å². The molecule has 0 aliphatic heterocycles. The fourth-order valence-electron chi connectivity index (χ4n) is 2.97. The van der Waals surface area contributed by atoms with Crippen LogP contribution in [-0.2, 0) is 6.54 Å². The Kier molecular flexibility index (Phi) is 4.22. The van der Waals surface area contributed by atoms with Crippen LogP contribution in [0.3, 0.4) is 0 Å². The lowest BCUT2D eigenvalue weighted by Crippen LogP contribution is -2.01. The van der Waals surface area contributed by atoms with Gasteiger partial charge in [0.1, 0.15) is 12.0 Å². The summed E-state index contributed by atoms with van der Waals surface area (Å²) in [6.45, 7) is 0.617. The zero-order chi connectivity index (χ0) is 18.1. The lowest BCUT2D eigenvalue weighted by Gasteiger charge is -2.06. The molecule has 0 atom stereocenters. The second-order valence-corrected chi connectivity index (χ2v) is 6.33. The number of fused-ring (bicyclic) bond motifs is 1. The van der Waals surface area contributed by atoms with E-state index in [9.17, 15) is 4.79 Å². The molecule has 0 unspecified atom stereocenters. The molecule has 6 heteroatoms. The zero-order valence-electron chi connectivity index (χ0n) is 14.0. The van der Waals surface area contributed by atoms with Crippen LogP contribution in [0.15, 0.2) is 65.5 Å². The van der Waals surface area contributed by atoms with Gasteiger partial charge in [0.25, 0.3) is 0 Å². The molecule has 2 aromatic carbocycles. The van der Waals surface area contributed by atoms with Gasteiger partial charge in [-0.3, -0.25) is 4.79 Å². The number of carbonyl (C=O) groups excluding carboxylic acids is 1. The van der Waals surface area contributed by atoms with Gasteiger partial charge in [-0.2, -0.15) is 0 Å². The van der Waals surface area contributed by atoms with Gasteiger partial charge in [-0.1, -0.05) is 28.9 Å². The Morgan fingerprint density at radius 1 is 1.19 bits per heavy atom. The molecule has 0 amide bonds. The molecule has 0 radical (unpaired) electrons. The quantitative estimate of drug-likeness (QED) is 0.485. The average molecular weight is 367 g/mol. The molecule has 130 valence electrons. The number of carbonyl (C=O) groups is 1. The molecule has 0 spiro atoms. The minimum atomic E-state index is -0.188. The average Bonchev–Trinajstić information content (AvgIpc) is 3.31. The van der Waals surface area contributed by atoms with Gasteiger partial charge >= 0.3 is 0 Å². The summed E-state index contributed by atoms with van der Waals surface area (Å²) in [6.07, 6.45) is 3.23. The second-order valence-electron chi connectivity index (χ2n) is 5.89. The van der Waals surface area contributed by atoms with E-state index >= 15 is 0 Å². The molecule has 0 N–H and O–H groups in total. The van der Waals surface area contributed by atoms with E-state index in [1.165, 1.54) is 6.26 Å². The summed E-state index contributed by atoms with van der Waals surface area (Å²) < 4.78 is 12.2. The predicted molar refractivity (Wildman–Crippen MR) is 99.0 cm³/mol. The van der Waals surface area contributed by atoms with Crippen molar-refractivity contribution in [2.45, 2.75) is 6.54 Å². The van der Waals surface area contributed by atoms with Crippen LogP contribution in [0.4, 0.5) is 0 Å². The first-order chi connectivity index (χ1) is 12.7. The fraction of sp³-hybridized carbons (Fsp3) is 0.100. The normalized spacial score (nSPS) is 11.0. The summed E-state index contributed by atoms with van der Waals surface area (Å²) in [4.78, 5) is 12.8. The first kappa shape index (κ1) is 16.4. The number of benzene rings is 2. The van der Waals surface area contributed by atoms with E-state index < -0.39 is 0 Å². The van der Waals surface area contributed by atoms with Crippen molar-refractivity contribution in [3.8, 4) is 5.75 Å². The van der Waals surface area contributed by atoms with Crippen molar-refractivity contribution in [2.24, 2.45) is 0 Å². The monoisotopic (exact) mass is 366 g/mol. The highest BCUT2D eigenvalue weighted by atomic mass is 35.5. The van der Waals surface area contributed by atoms with Crippen molar-refractivity contribution in [3.63, 3.8) is 0 Å². The molecule has 4 aromatic rings. The van der Waals surface area contributed by atoms with Crippen molar-refractivity contribution >= 4 is 28.3 Å². The van der Waals surface area contributed by atoms with Gasteiger partial charge in [-0.25, -0.2) is 0 Å². The number of rotatable bonds is 5. The molecule has 0 aliphatic carbocycles. The van der Waals surface area contributed by atoms with Gasteiger partial charge < -0.3 is 13.8 Å². The highest BCUT2D eigenvalue weighted by molar-refractivity contribution is 6.30. The summed E-state index contributed by atoms with van der Waals surface area (Å²) in [5, 5.41) is 5.27. The smallest absolute Gasteiger partial charge is 0.217 e. The van der Waals surface area contributed by atoms with Gasteiger partial charge in [0, 0.05) is 40.3 Å². The molecule has 5 nitrogen and oxygen atoms in total. The maximum absolute atomic E-state index is 12.8. The highest BCUT2D eigenvalue weighted by Gasteiger charge is 2.19. The number of ether oxygens (including phenoxy) is 1. The van der Waals surface area contributed by atoms with E-state index in [1.54, 1.807) is 13.2 Å². The first-order valence-electron chi connectivity index (χ1n) is 8.02. The topological polar surface area (TPSA) is 57.3 Å². The van der Waals surface area contributed by atoms with E-state index in [2.05, 4.69) is 5.16 Å². The number of hydrogen-bond acceptors (Lipinski definition) is 4. The second kappa shape index (κ2) is 6.69. The minimum Gasteiger partial charge on any atom is -0.497 e. The van der Waals surface area contributed by atoms with Crippen molar-refractivity contribution in [3.05, 3.63) is 82.8 Å². The minimum absolute atomic E-state index is 0.188. The van der Waals surface area contributed by atoms with Crippen LogP contribution in [0, 0.1) is 0 Å². The molecule has 4 rings (SSSR count). The van der Waals surface area contributed by atoms with Gasteiger partial charge in [0.15, 0.2) is 5.69 Å². The van der Waals surface area contributed by atoms with Gasteiger partial charge in [0.2, 0.25) is 5.78 Å². The van der Waals surface area contributed by atoms with Crippen molar-refractivity contribution < 1.29 is 14.1 Å². The Morgan fingerprint density at radius 2 is 2.00 bits per heavy atom. The van der Waals surface area contributed by atoms with Crippen LogP contribution >= 0.6 is 11.6 Å². The number of aromatic nitrogens is 2. The summed E-state index contributed by atoms with van der Waals surface area (Å²) in [6, 6.07) is 14.9.